The number of thiophene rings is 1. The Hall–Kier alpha value is -2.41. The van der Waals surface area contributed by atoms with Gasteiger partial charge in [0, 0.05) is 0 Å². The van der Waals surface area contributed by atoms with Crippen molar-refractivity contribution in [1.29, 1.82) is 0 Å². The Balaban J connectivity index is 2.25. The van der Waals surface area contributed by atoms with Crippen LogP contribution in [0.3, 0.4) is 0 Å². The van der Waals surface area contributed by atoms with Gasteiger partial charge in [0.1, 0.15) is 15.5 Å². The molecule has 108 valence electrons. The maximum atomic E-state index is 12.2. The van der Waals surface area contributed by atoms with Crippen molar-refractivity contribution in [1.82, 2.24) is 9.97 Å². The number of furan rings is 1. The molecule has 21 heavy (non-hydrogen) atoms. The summed E-state index contributed by atoms with van der Waals surface area (Å²) < 4.78 is 10.2. The molecule has 0 bridgehead atoms. The van der Waals surface area contributed by atoms with E-state index in [1.807, 2.05) is 6.92 Å². The topological polar surface area (TPSA) is 85.2 Å². The third kappa shape index (κ3) is 2.15. The monoisotopic (exact) mass is 304 g/mol. The smallest absolute Gasteiger partial charge is 0.348 e. The summed E-state index contributed by atoms with van der Waals surface area (Å²) in [6, 6.07) is 3.53. The van der Waals surface area contributed by atoms with Crippen LogP contribution in [0.1, 0.15) is 21.0 Å². The number of aromatic nitrogens is 2. The number of H-pyrrole nitrogens is 1. The van der Waals surface area contributed by atoms with E-state index in [4.69, 9.17) is 9.15 Å². The molecule has 0 aliphatic rings. The maximum absolute atomic E-state index is 12.2. The first kappa shape index (κ1) is 13.6. The Bertz CT molecular complexity index is 903. The van der Waals surface area contributed by atoms with Crippen LogP contribution >= 0.6 is 11.3 Å². The number of nitrogens with zero attached hydrogens (tertiary/aromatic N) is 1. The van der Waals surface area contributed by atoms with Crippen LogP contribution in [0, 0.1) is 13.8 Å². The molecular formula is C14H12N2O4S. The predicted molar refractivity (Wildman–Crippen MR) is 78.8 cm³/mol. The minimum Gasteiger partial charge on any atom is -0.465 e. The van der Waals surface area contributed by atoms with Crippen LogP contribution in [0.4, 0.5) is 0 Å². The summed E-state index contributed by atoms with van der Waals surface area (Å²) in [5, 5.41) is 0.410. The lowest BCUT2D eigenvalue weighted by molar-refractivity contribution is 0.0605. The summed E-state index contributed by atoms with van der Waals surface area (Å²) >= 11 is 1.14. The number of nitrogens with one attached hydrogen (secondary N) is 1. The number of methoxy groups -OCH3 is 1. The largest absolute Gasteiger partial charge is 0.465 e. The van der Waals surface area contributed by atoms with Crippen LogP contribution in [-0.2, 0) is 4.74 Å². The maximum Gasteiger partial charge on any atom is 0.348 e. The molecule has 3 heterocycles. The third-order valence-electron chi connectivity index (χ3n) is 3.15. The van der Waals surface area contributed by atoms with E-state index in [-0.39, 0.29) is 5.56 Å². The Kier molecular flexibility index (Phi) is 3.13. The highest BCUT2D eigenvalue weighted by Crippen LogP contribution is 2.29. The molecule has 0 amide bonds. The fraction of sp³-hybridized carbons (Fsp3) is 0.214. The third-order valence-corrected chi connectivity index (χ3v) is 4.31. The fourth-order valence-electron chi connectivity index (χ4n) is 2.11. The summed E-state index contributed by atoms with van der Waals surface area (Å²) in [6.45, 7) is 3.52. The summed E-state index contributed by atoms with van der Waals surface area (Å²) in [6.07, 6.45) is 0. The van der Waals surface area contributed by atoms with E-state index in [0.717, 1.165) is 17.1 Å². The molecule has 0 atom stereocenters. The molecule has 1 N–H and O–H groups in total. The van der Waals surface area contributed by atoms with Crippen molar-refractivity contribution in [3.05, 3.63) is 38.7 Å². The zero-order valence-electron chi connectivity index (χ0n) is 11.6. The van der Waals surface area contributed by atoms with Crippen molar-refractivity contribution in [3.8, 4) is 11.6 Å². The number of aryl methyl sites for hydroxylation is 2. The van der Waals surface area contributed by atoms with Gasteiger partial charge in [-0.2, -0.15) is 0 Å². The number of carbonyl (C=O) groups is 1. The molecule has 0 aliphatic heterocycles. The van der Waals surface area contributed by atoms with E-state index >= 15 is 0 Å². The molecule has 3 aromatic rings. The number of carbonyl (C=O) groups excluding carboxylic acids is 1. The normalized spacial score (nSPS) is 11.0. The first-order valence-corrected chi connectivity index (χ1v) is 7.01. The Morgan fingerprint density at radius 3 is 2.76 bits per heavy atom. The van der Waals surface area contributed by atoms with Gasteiger partial charge >= 0.3 is 5.97 Å². The van der Waals surface area contributed by atoms with E-state index in [1.165, 1.54) is 7.11 Å². The molecule has 3 aromatic heterocycles. The van der Waals surface area contributed by atoms with Gasteiger partial charge in [-0.05, 0) is 31.5 Å². The lowest BCUT2D eigenvalue weighted by Gasteiger charge is -1.97. The number of hydrogen-bond acceptors (Lipinski definition) is 6. The first-order chi connectivity index (χ1) is 10.0. The SMILES string of the molecule is COC(=O)c1sc2nc(-c3ccc(C)o3)[nH]c(=O)c2c1C. The summed E-state index contributed by atoms with van der Waals surface area (Å²) in [7, 11) is 1.31. The van der Waals surface area contributed by atoms with E-state index in [0.29, 0.717) is 32.2 Å². The number of aromatic amines is 1. The van der Waals surface area contributed by atoms with Crippen molar-refractivity contribution in [2.75, 3.05) is 7.11 Å². The zero-order valence-corrected chi connectivity index (χ0v) is 12.5. The van der Waals surface area contributed by atoms with Gasteiger partial charge in [0.2, 0.25) is 0 Å². The van der Waals surface area contributed by atoms with E-state index in [1.54, 1.807) is 19.1 Å². The molecule has 0 radical (unpaired) electrons. The summed E-state index contributed by atoms with van der Waals surface area (Å²) in [4.78, 5) is 31.9. The van der Waals surface area contributed by atoms with Crippen LogP contribution in [-0.4, -0.2) is 23.0 Å². The van der Waals surface area contributed by atoms with Crippen molar-refractivity contribution < 1.29 is 13.9 Å². The van der Waals surface area contributed by atoms with E-state index < -0.39 is 5.97 Å². The second kappa shape index (κ2) is 4.85. The van der Waals surface area contributed by atoms with Crippen LogP contribution < -0.4 is 5.56 Å². The van der Waals surface area contributed by atoms with Crippen LogP contribution in [0.25, 0.3) is 21.8 Å². The van der Waals surface area contributed by atoms with Gasteiger partial charge in [0.15, 0.2) is 11.6 Å². The molecule has 0 aliphatic carbocycles. The zero-order chi connectivity index (χ0) is 15.1. The lowest BCUT2D eigenvalue weighted by Crippen LogP contribution is -2.09. The predicted octanol–water partition coefficient (Wildman–Crippen LogP) is 2.65. The van der Waals surface area contributed by atoms with Crippen molar-refractivity contribution in [2.24, 2.45) is 0 Å². The van der Waals surface area contributed by atoms with Crippen LogP contribution in [0.2, 0.25) is 0 Å². The Morgan fingerprint density at radius 2 is 2.14 bits per heavy atom. The molecule has 3 rings (SSSR count). The molecule has 0 spiro atoms. The summed E-state index contributed by atoms with van der Waals surface area (Å²) in [5.74, 6) is 1.09. The number of rotatable bonds is 2. The number of hydrogen-bond donors (Lipinski definition) is 1. The molecule has 0 unspecified atom stereocenters. The van der Waals surface area contributed by atoms with Crippen molar-refractivity contribution in [3.63, 3.8) is 0 Å². The van der Waals surface area contributed by atoms with Gasteiger partial charge in [-0.25, -0.2) is 9.78 Å². The highest BCUT2D eigenvalue weighted by molar-refractivity contribution is 7.20. The minimum absolute atomic E-state index is 0.298. The van der Waals surface area contributed by atoms with Crippen LogP contribution in [0.15, 0.2) is 21.3 Å². The summed E-state index contributed by atoms with van der Waals surface area (Å²) in [5.41, 5.74) is 0.283. The van der Waals surface area contributed by atoms with Crippen LogP contribution in [0.5, 0.6) is 0 Å². The number of esters is 1. The standard InChI is InChI=1S/C14H12N2O4S/c1-6-4-5-8(20-6)11-15-12(17)9-7(2)10(14(18)19-3)21-13(9)16-11/h4-5H,1-3H3,(H,15,16,17). The Morgan fingerprint density at radius 1 is 1.38 bits per heavy atom. The second-order valence-corrected chi connectivity index (χ2v) is 5.55. The minimum atomic E-state index is -0.467. The van der Waals surface area contributed by atoms with Gasteiger partial charge in [0.25, 0.3) is 5.56 Å². The molecule has 6 nitrogen and oxygen atoms in total. The molecule has 0 fully saturated rings. The fourth-order valence-corrected chi connectivity index (χ4v) is 3.21. The molecular weight excluding hydrogens is 292 g/mol. The van der Waals surface area contributed by atoms with Crippen molar-refractivity contribution >= 4 is 27.5 Å². The molecule has 0 saturated heterocycles. The van der Waals surface area contributed by atoms with Gasteiger partial charge in [-0.3, -0.25) is 4.79 Å². The Labute approximate surface area is 123 Å². The van der Waals surface area contributed by atoms with Crippen molar-refractivity contribution in [2.45, 2.75) is 13.8 Å². The van der Waals surface area contributed by atoms with Gasteiger partial charge in [-0.1, -0.05) is 0 Å². The van der Waals surface area contributed by atoms with Gasteiger partial charge in [0.05, 0.1) is 12.5 Å². The van der Waals surface area contributed by atoms with Gasteiger partial charge in [-0.15, -0.1) is 11.3 Å². The molecule has 0 saturated carbocycles. The first-order valence-electron chi connectivity index (χ1n) is 6.20. The highest BCUT2D eigenvalue weighted by atomic mass is 32.1. The number of fused-ring (bicyclic) bond motifs is 1. The molecule has 0 aromatic carbocycles. The highest BCUT2D eigenvalue weighted by Gasteiger charge is 2.20. The number of ether oxygens (including phenoxy) is 1. The van der Waals surface area contributed by atoms with E-state index in [2.05, 4.69) is 9.97 Å². The van der Waals surface area contributed by atoms with Gasteiger partial charge < -0.3 is 14.1 Å². The second-order valence-electron chi connectivity index (χ2n) is 4.55. The van der Waals surface area contributed by atoms with E-state index in [9.17, 15) is 9.59 Å². The lowest BCUT2D eigenvalue weighted by atomic mass is 10.2. The quantitative estimate of drug-likeness (QED) is 0.736. The molecule has 7 heteroatoms. The average Bonchev–Trinajstić information content (AvgIpc) is 3.02. The average molecular weight is 304 g/mol.